The maximum atomic E-state index is 13.6. The van der Waals surface area contributed by atoms with Crippen molar-refractivity contribution in [3.63, 3.8) is 0 Å². The predicted molar refractivity (Wildman–Crippen MR) is 187 cm³/mol. The van der Waals surface area contributed by atoms with E-state index < -0.39 is 0 Å². The molecule has 0 spiro atoms. The van der Waals surface area contributed by atoms with E-state index in [4.69, 9.17) is 0 Å². The number of carbonyl (C=O) groups excluding carboxylic acids is 4. The Morgan fingerprint density at radius 2 is 1.50 bits per heavy atom. The van der Waals surface area contributed by atoms with E-state index in [-0.39, 0.29) is 23.6 Å². The molecule has 0 saturated carbocycles. The highest BCUT2D eigenvalue weighted by atomic mass is 16.2. The van der Waals surface area contributed by atoms with Gasteiger partial charge in [0.05, 0.1) is 18.8 Å². The van der Waals surface area contributed by atoms with Crippen LogP contribution in [0.5, 0.6) is 0 Å². The van der Waals surface area contributed by atoms with E-state index in [1.165, 1.54) is 0 Å². The van der Waals surface area contributed by atoms with Crippen LogP contribution >= 0.6 is 0 Å². The molecule has 1 aromatic heterocycles. The number of hydrogen-bond acceptors (Lipinski definition) is 9. The average molecular weight is 686 g/mol. The summed E-state index contributed by atoms with van der Waals surface area (Å²) in [6.07, 6.45) is 8.43. The Hall–Kier alpha value is -3.94. The molecule has 4 amide bonds. The van der Waals surface area contributed by atoms with Gasteiger partial charge in [-0.1, -0.05) is 12.1 Å². The normalized spacial score (nSPS) is 22.8. The molecule has 2 aromatic rings. The summed E-state index contributed by atoms with van der Waals surface area (Å²) in [5, 5.41) is 0. The molecule has 1 atom stereocenters. The van der Waals surface area contributed by atoms with E-state index in [2.05, 4.69) is 36.8 Å². The van der Waals surface area contributed by atoms with Crippen molar-refractivity contribution < 1.29 is 19.2 Å². The van der Waals surface area contributed by atoms with Crippen molar-refractivity contribution in [2.45, 2.75) is 44.7 Å². The quantitative estimate of drug-likeness (QED) is 0.356. The van der Waals surface area contributed by atoms with Crippen LogP contribution in [0.25, 0.3) is 0 Å². The summed E-state index contributed by atoms with van der Waals surface area (Å²) in [6, 6.07) is 8.10. The number of nitrogens with zero attached hydrogens (tertiary/aromatic N) is 9. The van der Waals surface area contributed by atoms with Gasteiger partial charge in [0, 0.05) is 108 Å². The Bertz CT molecular complexity index is 1490. The number of benzene rings is 1. The topological polar surface area (TPSA) is 117 Å². The van der Waals surface area contributed by atoms with Gasteiger partial charge in [-0.25, -0.2) is 9.97 Å². The number of amides is 4. The van der Waals surface area contributed by atoms with Gasteiger partial charge in [-0.3, -0.25) is 33.9 Å². The summed E-state index contributed by atoms with van der Waals surface area (Å²) in [6.45, 7) is 12.4. The lowest BCUT2D eigenvalue weighted by Gasteiger charge is -2.39. The molecule has 4 fully saturated rings. The van der Waals surface area contributed by atoms with Gasteiger partial charge < -0.3 is 19.6 Å². The van der Waals surface area contributed by atoms with E-state index in [0.29, 0.717) is 64.8 Å². The summed E-state index contributed by atoms with van der Waals surface area (Å²) >= 11 is 0. The van der Waals surface area contributed by atoms with Crippen molar-refractivity contribution in [1.82, 2.24) is 44.3 Å². The lowest BCUT2D eigenvalue weighted by molar-refractivity contribution is -0.136. The van der Waals surface area contributed by atoms with Gasteiger partial charge >= 0.3 is 0 Å². The van der Waals surface area contributed by atoms with Crippen LogP contribution in [-0.4, -0.2) is 167 Å². The van der Waals surface area contributed by atoms with E-state index in [9.17, 15) is 19.2 Å². The van der Waals surface area contributed by atoms with Gasteiger partial charge in [-0.05, 0) is 62.4 Å². The van der Waals surface area contributed by atoms with Crippen LogP contribution in [0.1, 0.15) is 58.8 Å². The predicted octanol–water partition coefficient (Wildman–Crippen LogP) is 0.969. The molecule has 5 aliphatic heterocycles. The van der Waals surface area contributed by atoms with Gasteiger partial charge in [0.25, 0.3) is 5.91 Å². The minimum absolute atomic E-state index is 0.0949. The SMILES string of the molecule is O=CN1CCN(C(=O)CN2CCC(CN3CCN(C(=O)c4cccc(C5CCCN(C(=O)CN6Cc7cncnc7C6)C5)c4)CC3)CC2)CC1. The molecule has 0 N–H and O–H groups in total. The monoisotopic (exact) mass is 685 g/mol. The van der Waals surface area contributed by atoms with Gasteiger partial charge in [0.1, 0.15) is 6.33 Å². The fourth-order valence-corrected chi connectivity index (χ4v) is 8.35. The lowest BCUT2D eigenvalue weighted by Crippen LogP contribution is -2.52. The minimum atomic E-state index is 0.0949. The van der Waals surface area contributed by atoms with E-state index in [0.717, 1.165) is 107 Å². The summed E-state index contributed by atoms with van der Waals surface area (Å²) < 4.78 is 0. The van der Waals surface area contributed by atoms with Crippen LogP contribution in [0.15, 0.2) is 36.8 Å². The van der Waals surface area contributed by atoms with Crippen molar-refractivity contribution in [1.29, 1.82) is 0 Å². The molecule has 0 bridgehead atoms. The standard InChI is InChI=1S/C37H51N9O4/c47-28-42-13-15-44(16-14-42)35(48)25-40-9-6-29(7-10-40)21-41-11-17-45(18-12-41)37(50)31-4-1-3-30(19-31)32-5-2-8-46(23-32)36(49)26-43-22-33-20-38-27-39-34(33)24-43/h1,3-4,19-20,27-29,32H,2,5-18,21-26H2. The van der Waals surface area contributed by atoms with Gasteiger partial charge in [-0.2, -0.15) is 0 Å². The van der Waals surface area contributed by atoms with Crippen molar-refractivity contribution in [2.24, 2.45) is 5.92 Å². The van der Waals surface area contributed by atoms with Crippen molar-refractivity contribution in [3.05, 3.63) is 59.2 Å². The number of piperazine rings is 2. The zero-order valence-corrected chi connectivity index (χ0v) is 29.2. The molecule has 268 valence electrons. The van der Waals surface area contributed by atoms with Crippen LogP contribution in [0.3, 0.4) is 0 Å². The third-order valence-corrected chi connectivity index (χ3v) is 11.4. The largest absolute Gasteiger partial charge is 0.342 e. The minimum Gasteiger partial charge on any atom is -0.342 e. The second kappa shape index (κ2) is 15.9. The van der Waals surface area contributed by atoms with E-state index >= 15 is 0 Å². The first-order valence-corrected chi connectivity index (χ1v) is 18.5. The Morgan fingerprint density at radius 1 is 0.760 bits per heavy atom. The maximum Gasteiger partial charge on any atom is 0.253 e. The number of carbonyl (C=O) groups is 4. The molecular weight excluding hydrogens is 634 g/mol. The molecule has 13 nitrogen and oxygen atoms in total. The van der Waals surface area contributed by atoms with Crippen molar-refractivity contribution in [2.75, 3.05) is 98.2 Å². The first-order valence-electron chi connectivity index (χ1n) is 18.5. The third kappa shape index (κ3) is 8.33. The Morgan fingerprint density at radius 3 is 2.26 bits per heavy atom. The second-order valence-corrected chi connectivity index (χ2v) is 14.8. The molecule has 0 aliphatic carbocycles. The molecule has 1 aromatic carbocycles. The molecule has 4 saturated heterocycles. The fourth-order valence-electron chi connectivity index (χ4n) is 8.35. The number of fused-ring (bicyclic) bond motifs is 1. The first kappa shape index (κ1) is 34.5. The van der Waals surface area contributed by atoms with Crippen LogP contribution < -0.4 is 0 Å². The first-order chi connectivity index (χ1) is 24.4. The lowest BCUT2D eigenvalue weighted by atomic mass is 9.89. The number of likely N-dealkylation sites (tertiary alicyclic amines) is 2. The molecule has 5 aliphatic rings. The number of aromatic nitrogens is 2. The van der Waals surface area contributed by atoms with E-state index in [1.54, 1.807) is 11.2 Å². The highest BCUT2D eigenvalue weighted by Gasteiger charge is 2.31. The number of rotatable bonds is 9. The Balaban J connectivity index is 0.831. The third-order valence-electron chi connectivity index (χ3n) is 11.4. The van der Waals surface area contributed by atoms with Crippen molar-refractivity contribution in [3.8, 4) is 0 Å². The molecule has 0 radical (unpaired) electrons. The van der Waals surface area contributed by atoms with Crippen LogP contribution in [-0.2, 0) is 27.5 Å². The summed E-state index contributed by atoms with van der Waals surface area (Å²) in [5.74, 6) is 1.26. The smallest absolute Gasteiger partial charge is 0.253 e. The Labute approximate surface area is 295 Å². The van der Waals surface area contributed by atoms with Crippen molar-refractivity contribution >= 4 is 24.1 Å². The Kier molecular flexibility index (Phi) is 11.0. The van der Waals surface area contributed by atoms with Gasteiger partial charge in [0.15, 0.2) is 0 Å². The highest BCUT2D eigenvalue weighted by Crippen LogP contribution is 2.29. The van der Waals surface area contributed by atoms with Crippen LogP contribution in [0.2, 0.25) is 0 Å². The molecule has 50 heavy (non-hydrogen) atoms. The molecule has 13 heteroatoms. The number of piperidine rings is 2. The second-order valence-electron chi connectivity index (χ2n) is 14.8. The molecule has 7 rings (SSSR count). The molecule has 1 unspecified atom stereocenters. The molecular formula is C37H51N9O4. The zero-order chi connectivity index (χ0) is 34.5. The average Bonchev–Trinajstić information content (AvgIpc) is 3.58. The summed E-state index contributed by atoms with van der Waals surface area (Å²) in [7, 11) is 0. The highest BCUT2D eigenvalue weighted by molar-refractivity contribution is 5.94. The van der Waals surface area contributed by atoms with Gasteiger partial charge in [-0.15, -0.1) is 0 Å². The van der Waals surface area contributed by atoms with Crippen LogP contribution in [0.4, 0.5) is 0 Å². The summed E-state index contributed by atoms with van der Waals surface area (Å²) in [4.78, 5) is 73.7. The number of hydrogen-bond donors (Lipinski definition) is 0. The fraction of sp³-hybridized carbons (Fsp3) is 0.622. The van der Waals surface area contributed by atoms with Crippen LogP contribution in [0, 0.1) is 5.92 Å². The van der Waals surface area contributed by atoms with E-state index in [1.807, 2.05) is 33.0 Å². The summed E-state index contributed by atoms with van der Waals surface area (Å²) in [5.41, 5.74) is 4.00. The maximum absolute atomic E-state index is 13.6. The van der Waals surface area contributed by atoms with Gasteiger partial charge in [0.2, 0.25) is 18.2 Å². The zero-order valence-electron chi connectivity index (χ0n) is 29.2. The molecule has 6 heterocycles.